The van der Waals surface area contributed by atoms with Crippen molar-refractivity contribution in [2.75, 3.05) is 46.6 Å². The smallest absolute Gasteiger partial charge is 0.220 e. The molecule has 0 saturated carbocycles. The van der Waals surface area contributed by atoms with E-state index in [9.17, 15) is 9.59 Å². The van der Waals surface area contributed by atoms with Crippen LogP contribution in [-0.4, -0.2) is 64.4 Å². The van der Waals surface area contributed by atoms with Crippen LogP contribution in [0.15, 0.2) is 0 Å². The molecule has 3 N–H and O–H groups in total. The zero-order valence-electron chi connectivity index (χ0n) is 20.1. The molecule has 0 spiro atoms. The molecule has 0 radical (unpaired) electrons. The Kier molecular flexibility index (Phi) is 16.4. The number of ether oxygens (including phenoxy) is 3. The second-order valence-electron chi connectivity index (χ2n) is 9.73. The van der Waals surface area contributed by atoms with E-state index in [1.807, 2.05) is 20.8 Å². The highest BCUT2D eigenvalue weighted by molar-refractivity contribution is 5.76. The number of hydrogen-bond donors (Lipinski definition) is 2. The molecule has 7 heteroatoms. The van der Waals surface area contributed by atoms with Crippen molar-refractivity contribution in [2.24, 2.45) is 16.6 Å². The van der Waals surface area contributed by atoms with Gasteiger partial charge in [0, 0.05) is 33.0 Å². The van der Waals surface area contributed by atoms with Crippen molar-refractivity contribution in [2.45, 2.75) is 73.3 Å². The zero-order chi connectivity index (χ0) is 23.0. The van der Waals surface area contributed by atoms with E-state index in [2.05, 4.69) is 33.0 Å². The van der Waals surface area contributed by atoms with E-state index >= 15 is 0 Å². The molecule has 29 heavy (non-hydrogen) atoms. The predicted molar refractivity (Wildman–Crippen MR) is 118 cm³/mol. The molecule has 1 amide bonds. The van der Waals surface area contributed by atoms with Gasteiger partial charge < -0.3 is 30.1 Å². The lowest BCUT2D eigenvalue weighted by Gasteiger charge is -2.33. The summed E-state index contributed by atoms with van der Waals surface area (Å²) in [5.41, 5.74) is 5.11. The summed E-state index contributed by atoms with van der Waals surface area (Å²) in [6.45, 7) is 17.3. The topological polar surface area (TPSA) is 99.9 Å². The highest BCUT2D eigenvalue weighted by Gasteiger charge is 2.30. The van der Waals surface area contributed by atoms with Crippen molar-refractivity contribution in [1.29, 1.82) is 0 Å². The van der Waals surface area contributed by atoms with Crippen molar-refractivity contribution >= 4 is 12.2 Å². The van der Waals surface area contributed by atoms with Crippen LogP contribution in [0.2, 0.25) is 0 Å². The number of nitrogens with two attached hydrogens (primary N) is 1. The van der Waals surface area contributed by atoms with Crippen LogP contribution in [0.5, 0.6) is 0 Å². The summed E-state index contributed by atoms with van der Waals surface area (Å²) in [7, 11) is 1.71. The van der Waals surface area contributed by atoms with Crippen molar-refractivity contribution in [3.05, 3.63) is 0 Å². The van der Waals surface area contributed by atoms with Crippen LogP contribution in [0.4, 0.5) is 0 Å². The maximum absolute atomic E-state index is 12.0. The highest BCUT2D eigenvalue weighted by atomic mass is 16.5. The molecule has 0 atom stereocenters. The zero-order valence-corrected chi connectivity index (χ0v) is 20.1. The Morgan fingerprint density at radius 3 is 1.90 bits per heavy atom. The number of hydrogen-bond acceptors (Lipinski definition) is 6. The lowest BCUT2D eigenvalue weighted by atomic mass is 9.72. The summed E-state index contributed by atoms with van der Waals surface area (Å²) in [5.74, 6) is 0.0138. The fraction of sp³-hybridized carbons (Fsp3) is 0.909. The number of aldehydes is 1. The molecule has 0 saturated heterocycles. The Hall–Kier alpha value is -1.02. The summed E-state index contributed by atoms with van der Waals surface area (Å²) in [5, 5.41) is 2.86. The average Bonchev–Trinajstić information content (AvgIpc) is 2.55. The summed E-state index contributed by atoms with van der Waals surface area (Å²) >= 11 is 0. The van der Waals surface area contributed by atoms with Crippen LogP contribution in [0.1, 0.15) is 67.7 Å². The minimum absolute atomic E-state index is 0.0138. The minimum atomic E-state index is -0.145. The molecule has 7 nitrogen and oxygen atoms in total. The molecule has 0 fully saturated rings. The molecular weight excluding hydrogens is 372 g/mol. The van der Waals surface area contributed by atoms with E-state index in [0.717, 1.165) is 12.7 Å². The fourth-order valence-electron chi connectivity index (χ4n) is 2.82. The molecule has 0 unspecified atom stereocenters. The van der Waals surface area contributed by atoms with E-state index in [1.54, 1.807) is 7.11 Å². The minimum Gasteiger partial charge on any atom is -0.379 e. The van der Waals surface area contributed by atoms with Gasteiger partial charge in [-0.2, -0.15) is 0 Å². The van der Waals surface area contributed by atoms with E-state index in [1.165, 1.54) is 0 Å². The first-order valence-electron chi connectivity index (χ1n) is 10.4. The summed E-state index contributed by atoms with van der Waals surface area (Å²) in [6.07, 6.45) is 2.72. The van der Waals surface area contributed by atoms with Gasteiger partial charge in [0.15, 0.2) is 0 Å². The van der Waals surface area contributed by atoms with Crippen LogP contribution in [0.25, 0.3) is 0 Å². The first kappa shape index (κ1) is 30.2. The molecule has 0 bridgehead atoms. The van der Waals surface area contributed by atoms with Crippen molar-refractivity contribution < 1.29 is 23.8 Å². The first-order valence-corrected chi connectivity index (χ1v) is 10.4. The third kappa shape index (κ3) is 23.1. The molecular formula is C22H46N2O5. The second-order valence-corrected chi connectivity index (χ2v) is 9.73. The molecule has 0 aromatic heterocycles. The van der Waals surface area contributed by atoms with Crippen molar-refractivity contribution in [1.82, 2.24) is 5.32 Å². The molecule has 0 aliphatic rings. The lowest BCUT2D eigenvalue weighted by Crippen LogP contribution is -2.33. The largest absolute Gasteiger partial charge is 0.379 e. The number of amides is 1. The van der Waals surface area contributed by atoms with E-state index in [-0.39, 0.29) is 22.3 Å². The summed E-state index contributed by atoms with van der Waals surface area (Å²) in [4.78, 5) is 22.7. The van der Waals surface area contributed by atoms with Gasteiger partial charge in [-0.05, 0) is 38.0 Å². The van der Waals surface area contributed by atoms with Gasteiger partial charge in [-0.3, -0.25) is 4.79 Å². The Labute approximate surface area is 178 Å². The second kappa shape index (κ2) is 15.8. The highest BCUT2D eigenvalue weighted by Crippen LogP contribution is 2.37. The number of nitrogens with one attached hydrogen (secondary N) is 1. The summed E-state index contributed by atoms with van der Waals surface area (Å²) < 4.78 is 15.5. The molecule has 0 rings (SSSR count). The van der Waals surface area contributed by atoms with Crippen LogP contribution in [0, 0.1) is 10.8 Å². The van der Waals surface area contributed by atoms with Gasteiger partial charge in [0.05, 0.1) is 32.0 Å². The van der Waals surface area contributed by atoms with Gasteiger partial charge >= 0.3 is 0 Å². The van der Waals surface area contributed by atoms with Gasteiger partial charge in [0.2, 0.25) is 5.91 Å². The maximum Gasteiger partial charge on any atom is 0.220 e. The van der Waals surface area contributed by atoms with E-state index in [4.69, 9.17) is 19.9 Å². The Balaban J connectivity index is 0. The van der Waals surface area contributed by atoms with Crippen LogP contribution in [0.3, 0.4) is 0 Å². The third-order valence-electron chi connectivity index (χ3n) is 4.05. The van der Waals surface area contributed by atoms with Crippen molar-refractivity contribution in [3.63, 3.8) is 0 Å². The monoisotopic (exact) mass is 418 g/mol. The maximum atomic E-state index is 12.0. The van der Waals surface area contributed by atoms with Gasteiger partial charge in [0.25, 0.3) is 0 Å². The van der Waals surface area contributed by atoms with Crippen LogP contribution in [-0.2, 0) is 23.8 Å². The number of methoxy groups -OCH3 is 1. The van der Waals surface area contributed by atoms with Gasteiger partial charge in [0.1, 0.15) is 6.29 Å². The molecule has 0 aliphatic carbocycles. The normalized spacial score (nSPS) is 12.2. The van der Waals surface area contributed by atoms with Gasteiger partial charge in [-0.15, -0.1) is 0 Å². The quantitative estimate of drug-likeness (QED) is 0.332. The standard InChI is InChI=1S/C17H34N2O4.C5H12O/c1-16(2,5-8-20)14-17(3,4)13-15(21)19-7-10-23-12-11-22-9-6-18;1-5(2,3)6-4/h8H,5-7,9-14,18H2,1-4H3,(H,19,21);1-4H3. The van der Waals surface area contributed by atoms with E-state index in [0.29, 0.717) is 52.4 Å². The Bertz CT molecular complexity index is 431. The molecule has 0 aromatic carbocycles. The van der Waals surface area contributed by atoms with Gasteiger partial charge in [-0.25, -0.2) is 0 Å². The van der Waals surface area contributed by atoms with E-state index < -0.39 is 0 Å². The lowest BCUT2D eigenvalue weighted by molar-refractivity contribution is -0.123. The third-order valence-corrected chi connectivity index (χ3v) is 4.05. The molecule has 174 valence electrons. The number of carbonyl (C=O) groups excluding carboxylic acids is 2. The molecule has 0 heterocycles. The number of carbonyl (C=O) groups is 2. The first-order chi connectivity index (χ1) is 13.3. The number of rotatable bonds is 14. The summed E-state index contributed by atoms with van der Waals surface area (Å²) in [6, 6.07) is 0. The van der Waals surface area contributed by atoms with Crippen LogP contribution >= 0.6 is 0 Å². The Morgan fingerprint density at radius 2 is 1.45 bits per heavy atom. The van der Waals surface area contributed by atoms with Crippen molar-refractivity contribution in [3.8, 4) is 0 Å². The SMILES string of the molecule is CC(C)(CC=O)CC(C)(C)CC(=O)NCCOCCOCCN.COC(C)(C)C. The molecule has 0 aromatic rings. The predicted octanol–water partition coefficient (Wildman–Crippen LogP) is 2.95. The fourth-order valence-corrected chi connectivity index (χ4v) is 2.82. The molecule has 0 aliphatic heterocycles. The Morgan fingerprint density at radius 1 is 0.931 bits per heavy atom. The van der Waals surface area contributed by atoms with Crippen LogP contribution < -0.4 is 11.1 Å². The van der Waals surface area contributed by atoms with Gasteiger partial charge in [-0.1, -0.05) is 27.7 Å². The average molecular weight is 419 g/mol.